The highest BCUT2D eigenvalue weighted by Gasteiger charge is 2.21. The number of nitrogens with zero attached hydrogens (tertiary/aromatic N) is 1. The van der Waals surface area contributed by atoms with Crippen LogP contribution >= 0.6 is 11.3 Å². The van der Waals surface area contributed by atoms with Crippen LogP contribution in [0.1, 0.15) is 34.1 Å². The predicted molar refractivity (Wildman–Crippen MR) is 78.1 cm³/mol. The van der Waals surface area contributed by atoms with Gasteiger partial charge >= 0.3 is 0 Å². The summed E-state index contributed by atoms with van der Waals surface area (Å²) in [4.78, 5) is 5.59. The summed E-state index contributed by atoms with van der Waals surface area (Å²) in [7, 11) is 0. The molecule has 5 heteroatoms. The second-order valence-corrected chi connectivity index (χ2v) is 5.99. The Morgan fingerprint density at radius 1 is 1.25 bits per heavy atom. The minimum Gasteiger partial charge on any atom is -0.310 e. The summed E-state index contributed by atoms with van der Waals surface area (Å²) in [6, 6.07) is 3.57. The van der Waals surface area contributed by atoms with Crippen LogP contribution in [-0.2, 0) is 6.42 Å². The minimum atomic E-state index is -0.513. The third-order valence-corrected chi connectivity index (χ3v) is 4.35. The molecule has 1 aromatic heterocycles. The number of aromatic nitrogens is 1. The Labute approximate surface area is 121 Å². The van der Waals surface area contributed by atoms with E-state index in [1.54, 1.807) is 11.3 Å². The van der Waals surface area contributed by atoms with Crippen molar-refractivity contribution in [2.45, 2.75) is 33.2 Å². The lowest BCUT2D eigenvalue weighted by molar-refractivity contribution is 0.472. The van der Waals surface area contributed by atoms with Crippen molar-refractivity contribution in [3.05, 3.63) is 51.0 Å². The molecule has 0 aliphatic carbocycles. The van der Waals surface area contributed by atoms with Gasteiger partial charge in [0, 0.05) is 22.9 Å². The summed E-state index contributed by atoms with van der Waals surface area (Å²) in [5.41, 5.74) is 1.08. The van der Waals surface area contributed by atoms with Crippen molar-refractivity contribution < 1.29 is 8.78 Å². The molecule has 0 bridgehead atoms. The van der Waals surface area contributed by atoms with E-state index in [0.29, 0.717) is 13.0 Å². The Bertz CT molecular complexity index is 556. The van der Waals surface area contributed by atoms with Crippen LogP contribution in [0.4, 0.5) is 8.78 Å². The van der Waals surface area contributed by atoms with E-state index < -0.39 is 17.7 Å². The molecule has 2 aromatic rings. The van der Waals surface area contributed by atoms with Crippen LogP contribution in [-0.4, -0.2) is 11.5 Å². The molecule has 20 heavy (non-hydrogen) atoms. The van der Waals surface area contributed by atoms with Crippen molar-refractivity contribution >= 4 is 11.3 Å². The maximum absolute atomic E-state index is 13.9. The predicted octanol–water partition coefficient (Wildman–Crippen LogP) is 3.93. The Morgan fingerprint density at radius 2 is 1.90 bits per heavy atom. The number of nitrogens with one attached hydrogen (secondary N) is 1. The highest BCUT2D eigenvalue weighted by molar-refractivity contribution is 7.11. The standard InChI is InChI=1S/C15H18F2N2S/c1-4-18-13(8-14-19-9(2)10(3)20-14)15-11(16)6-5-7-12(15)17/h5-7,13,18H,4,8H2,1-3H3. The van der Waals surface area contributed by atoms with Crippen molar-refractivity contribution in [1.82, 2.24) is 10.3 Å². The zero-order chi connectivity index (χ0) is 14.7. The normalized spacial score (nSPS) is 12.7. The summed E-state index contributed by atoms with van der Waals surface area (Å²) in [6.07, 6.45) is 0.491. The first kappa shape index (κ1) is 15.1. The van der Waals surface area contributed by atoms with Gasteiger partial charge in [0.25, 0.3) is 0 Å². The molecule has 0 spiro atoms. The van der Waals surface area contributed by atoms with Crippen LogP contribution < -0.4 is 5.32 Å². The van der Waals surface area contributed by atoms with Crippen molar-refractivity contribution in [3.8, 4) is 0 Å². The minimum absolute atomic E-state index is 0.0971. The van der Waals surface area contributed by atoms with Gasteiger partial charge in [-0.05, 0) is 32.5 Å². The topological polar surface area (TPSA) is 24.9 Å². The van der Waals surface area contributed by atoms with Crippen LogP contribution in [0.15, 0.2) is 18.2 Å². The van der Waals surface area contributed by atoms with Crippen LogP contribution in [0, 0.1) is 25.5 Å². The number of likely N-dealkylation sites (N-methyl/N-ethyl adjacent to an activating group) is 1. The molecule has 0 aliphatic heterocycles. The van der Waals surface area contributed by atoms with E-state index in [-0.39, 0.29) is 5.56 Å². The zero-order valence-corrected chi connectivity index (χ0v) is 12.7. The van der Waals surface area contributed by atoms with Crippen LogP contribution in [0.5, 0.6) is 0 Å². The van der Waals surface area contributed by atoms with Gasteiger partial charge < -0.3 is 5.32 Å². The van der Waals surface area contributed by atoms with Crippen molar-refractivity contribution in [3.63, 3.8) is 0 Å². The first-order valence-corrected chi connectivity index (χ1v) is 7.44. The van der Waals surface area contributed by atoms with E-state index in [2.05, 4.69) is 10.3 Å². The van der Waals surface area contributed by atoms with Crippen LogP contribution in [0.3, 0.4) is 0 Å². The average molecular weight is 296 g/mol. The van der Waals surface area contributed by atoms with Crippen LogP contribution in [0.2, 0.25) is 0 Å². The molecular formula is C15H18F2N2S. The third-order valence-electron chi connectivity index (χ3n) is 3.25. The highest BCUT2D eigenvalue weighted by atomic mass is 32.1. The Hall–Kier alpha value is -1.33. The van der Waals surface area contributed by atoms with Gasteiger partial charge in [-0.15, -0.1) is 11.3 Å². The van der Waals surface area contributed by atoms with Gasteiger partial charge in [-0.1, -0.05) is 13.0 Å². The molecule has 0 amide bonds. The number of rotatable bonds is 5. The van der Waals surface area contributed by atoms with Crippen molar-refractivity contribution in [1.29, 1.82) is 0 Å². The maximum atomic E-state index is 13.9. The smallest absolute Gasteiger partial charge is 0.130 e. The lowest BCUT2D eigenvalue weighted by atomic mass is 10.0. The number of halogens is 2. The zero-order valence-electron chi connectivity index (χ0n) is 11.8. The third kappa shape index (κ3) is 3.22. The molecule has 1 N–H and O–H groups in total. The molecule has 0 saturated carbocycles. The summed E-state index contributed by atoms with van der Waals surface area (Å²) < 4.78 is 27.8. The number of benzene rings is 1. The van der Waals surface area contributed by atoms with Gasteiger partial charge in [0.1, 0.15) is 11.6 Å². The molecule has 1 atom stereocenters. The van der Waals surface area contributed by atoms with Gasteiger partial charge in [0.15, 0.2) is 0 Å². The van der Waals surface area contributed by atoms with E-state index in [0.717, 1.165) is 15.6 Å². The second kappa shape index (κ2) is 6.41. The summed E-state index contributed by atoms with van der Waals surface area (Å²) >= 11 is 1.58. The number of aryl methyl sites for hydroxylation is 2. The Morgan fingerprint density at radius 3 is 2.40 bits per heavy atom. The number of thiazole rings is 1. The molecule has 0 saturated heterocycles. The molecular weight excluding hydrogens is 278 g/mol. The Kier molecular flexibility index (Phi) is 4.83. The van der Waals surface area contributed by atoms with E-state index in [4.69, 9.17) is 0 Å². The summed E-state index contributed by atoms with van der Waals surface area (Å²) in [6.45, 7) is 6.51. The van der Waals surface area contributed by atoms with Crippen LogP contribution in [0.25, 0.3) is 0 Å². The molecule has 108 valence electrons. The molecule has 0 fully saturated rings. The molecule has 1 heterocycles. The Balaban J connectivity index is 2.31. The van der Waals surface area contributed by atoms with Crippen molar-refractivity contribution in [2.75, 3.05) is 6.54 Å². The summed E-state index contributed by atoms with van der Waals surface area (Å²) in [5.74, 6) is -1.03. The highest BCUT2D eigenvalue weighted by Crippen LogP contribution is 2.26. The van der Waals surface area contributed by atoms with Gasteiger partial charge in [0.2, 0.25) is 0 Å². The first-order valence-electron chi connectivity index (χ1n) is 6.63. The molecule has 0 radical (unpaired) electrons. The van der Waals surface area contributed by atoms with Gasteiger partial charge in [-0.3, -0.25) is 0 Å². The molecule has 0 aliphatic rings. The van der Waals surface area contributed by atoms with E-state index in [9.17, 15) is 8.78 Å². The molecule has 2 rings (SSSR count). The first-order chi connectivity index (χ1) is 9.52. The quantitative estimate of drug-likeness (QED) is 0.904. The number of hydrogen-bond donors (Lipinski definition) is 1. The van der Waals surface area contributed by atoms with Crippen molar-refractivity contribution in [2.24, 2.45) is 0 Å². The fourth-order valence-electron chi connectivity index (χ4n) is 2.17. The molecule has 1 unspecified atom stereocenters. The van der Waals surface area contributed by atoms with Gasteiger partial charge in [0.05, 0.1) is 10.7 Å². The second-order valence-electron chi connectivity index (χ2n) is 4.70. The lowest BCUT2D eigenvalue weighted by Crippen LogP contribution is -2.25. The average Bonchev–Trinajstić information content (AvgIpc) is 2.68. The fourth-order valence-corrected chi connectivity index (χ4v) is 3.15. The summed E-state index contributed by atoms with van der Waals surface area (Å²) in [5, 5.41) is 4.04. The van der Waals surface area contributed by atoms with E-state index in [1.807, 2.05) is 20.8 Å². The van der Waals surface area contributed by atoms with E-state index in [1.165, 1.54) is 18.2 Å². The molecule has 1 aromatic carbocycles. The molecule has 2 nitrogen and oxygen atoms in total. The number of hydrogen-bond acceptors (Lipinski definition) is 3. The monoisotopic (exact) mass is 296 g/mol. The lowest BCUT2D eigenvalue weighted by Gasteiger charge is -2.18. The van der Waals surface area contributed by atoms with Gasteiger partial charge in [-0.2, -0.15) is 0 Å². The SMILES string of the molecule is CCNC(Cc1nc(C)c(C)s1)c1c(F)cccc1F. The van der Waals surface area contributed by atoms with Gasteiger partial charge in [-0.25, -0.2) is 13.8 Å². The fraction of sp³-hybridized carbons (Fsp3) is 0.400. The largest absolute Gasteiger partial charge is 0.310 e. The van der Waals surface area contributed by atoms with E-state index >= 15 is 0 Å². The maximum Gasteiger partial charge on any atom is 0.130 e.